The Balaban J connectivity index is 1.74. The first-order valence-corrected chi connectivity index (χ1v) is 8.30. The second kappa shape index (κ2) is 7.44. The summed E-state index contributed by atoms with van der Waals surface area (Å²) in [6, 6.07) is 6.96. The summed E-state index contributed by atoms with van der Waals surface area (Å²) in [4.78, 5) is 40.8. The second-order valence-corrected chi connectivity index (χ2v) is 6.34. The zero-order valence-electron chi connectivity index (χ0n) is 15.6. The Morgan fingerprint density at radius 3 is 2.33 bits per heavy atom. The largest absolute Gasteiger partial charge is 0.420 e. The lowest BCUT2D eigenvalue weighted by atomic mass is 10.3. The van der Waals surface area contributed by atoms with Gasteiger partial charge < -0.3 is 19.5 Å². The fraction of sp³-hybridized carbons (Fsp3) is 0.353. The van der Waals surface area contributed by atoms with Crippen LogP contribution in [-0.4, -0.2) is 53.6 Å². The molecular weight excluding hydrogens is 350 g/mol. The van der Waals surface area contributed by atoms with Gasteiger partial charge in [-0.2, -0.15) is 15.0 Å². The molecule has 0 radical (unpaired) electrons. The number of nitrogens with one attached hydrogen (secondary N) is 1. The minimum absolute atomic E-state index is 0.119. The predicted molar refractivity (Wildman–Crippen MR) is 101 cm³/mol. The summed E-state index contributed by atoms with van der Waals surface area (Å²) in [5.41, 5.74) is 1.02. The number of amides is 1. The lowest BCUT2D eigenvalue weighted by molar-refractivity contribution is -0.121. The molecule has 1 aromatic carbocycles. The highest BCUT2D eigenvalue weighted by atomic mass is 16.4. The first kappa shape index (κ1) is 18.4. The van der Waals surface area contributed by atoms with Crippen LogP contribution < -0.4 is 20.9 Å². The quantitative estimate of drug-likeness (QED) is 0.656. The maximum Gasteiger partial charge on any atom is 0.420 e. The fourth-order valence-electron chi connectivity index (χ4n) is 2.42. The third kappa shape index (κ3) is 4.05. The molecule has 0 bridgehead atoms. The van der Waals surface area contributed by atoms with Crippen LogP contribution in [0, 0.1) is 0 Å². The van der Waals surface area contributed by atoms with E-state index in [2.05, 4.69) is 20.3 Å². The number of hydrogen-bond acceptors (Lipinski definition) is 8. The van der Waals surface area contributed by atoms with Crippen LogP contribution in [-0.2, 0) is 17.9 Å². The molecule has 10 nitrogen and oxygen atoms in total. The van der Waals surface area contributed by atoms with Crippen LogP contribution in [0.5, 0.6) is 0 Å². The number of carbonyl (C=O) groups is 1. The number of carbonyl (C=O) groups excluding carboxylic acids is 1. The van der Waals surface area contributed by atoms with Crippen molar-refractivity contribution in [2.75, 3.05) is 38.0 Å². The van der Waals surface area contributed by atoms with Gasteiger partial charge in [0.05, 0.1) is 12.1 Å². The van der Waals surface area contributed by atoms with Crippen molar-refractivity contribution < 1.29 is 9.21 Å². The Morgan fingerprint density at radius 2 is 1.70 bits per heavy atom. The topological polar surface area (TPSA) is 109 Å². The van der Waals surface area contributed by atoms with Gasteiger partial charge in [-0.15, -0.1) is 0 Å². The zero-order valence-corrected chi connectivity index (χ0v) is 15.6. The molecule has 0 fully saturated rings. The van der Waals surface area contributed by atoms with E-state index in [0.717, 1.165) is 0 Å². The Bertz CT molecular complexity index is 997. The molecule has 0 aliphatic carbocycles. The molecule has 1 amide bonds. The van der Waals surface area contributed by atoms with Crippen molar-refractivity contribution in [2.24, 2.45) is 0 Å². The van der Waals surface area contributed by atoms with Gasteiger partial charge in [-0.1, -0.05) is 12.1 Å². The van der Waals surface area contributed by atoms with Crippen LogP contribution in [0.4, 0.5) is 11.9 Å². The molecule has 142 valence electrons. The van der Waals surface area contributed by atoms with Gasteiger partial charge in [-0.25, -0.2) is 4.79 Å². The van der Waals surface area contributed by atoms with Gasteiger partial charge in [0.25, 0.3) is 0 Å². The molecule has 3 aromatic rings. The van der Waals surface area contributed by atoms with E-state index in [4.69, 9.17) is 4.42 Å². The van der Waals surface area contributed by atoms with Crippen molar-refractivity contribution in [2.45, 2.75) is 13.1 Å². The maximum atomic E-state index is 12.3. The summed E-state index contributed by atoms with van der Waals surface area (Å²) in [5.74, 6) is 0.498. The molecule has 3 rings (SSSR count). The standard InChI is InChI=1S/C17H21N7O3/c1-22(2)15-19-13(20-16(21-15)23(3)4)9-18-14(25)10-24-11-7-5-6-8-12(11)27-17(24)26/h5-8H,9-10H2,1-4H3,(H,18,25). The molecule has 2 aromatic heterocycles. The van der Waals surface area contributed by atoms with E-state index in [1.165, 1.54) is 4.57 Å². The molecule has 0 unspecified atom stereocenters. The number of anilines is 2. The lowest BCUT2D eigenvalue weighted by Gasteiger charge is -2.16. The first-order chi connectivity index (χ1) is 12.8. The van der Waals surface area contributed by atoms with E-state index in [1.807, 2.05) is 28.2 Å². The number of aromatic nitrogens is 4. The van der Waals surface area contributed by atoms with Crippen LogP contribution in [0.1, 0.15) is 5.82 Å². The van der Waals surface area contributed by atoms with E-state index in [9.17, 15) is 9.59 Å². The van der Waals surface area contributed by atoms with Crippen LogP contribution in [0.2, 0.25) is 0 Å². The molecule has 2 heterocycles. The molecule has 0 aliphatic rings. The molecule has 0 saturated heterocycles. The number of nitrogens with zero attached hydrogens (tertiary/aromatic N) is 6. The maximum absolute atomic E-state index is 12.3. The average molecular weight is 371 g/mol. The smallest absolute Gasteiger partial charge is 0.408 e. The monoisotopic (exact) mass is 371 g/mol. The summed E-state index contributed by atoms with van der Waals surface area (Å²) in [6.07, 6.45) is 0. The zero-order chi connectivity index (χ0) is 19.6. The van der Waals surface area contributed by atoms with Gasteiger partial charge in [0, 0.05) is 28.2 Å². The van der Waals surface area contributed by atoms with Gasteiger partial charge >= 0.3 is 5.76 Å². The summed E-state index contributed by atoms with van der Waals surface area (Å²) in [7, 11) is 7.31. The number of oxazole rings is 1. The number of benzene rings is 1. The summed E-state index contributed by atoms with van der Waals surface area (Å²) in [5, 5.41) is 2.73. The Kier molecular flexibility index (Phi) is 5.06. The SMILES string of the molecule is CN(C)c1nc(CNC(=O)Cn2c(=O)oc3ccccc32)nc(N(C)C)n1. The van der Waals surface area contributed by atoms with E-state index < -0.39 is 5.76 Å². The van der Waals surface area contributed by atoms with Crippen molar-refractivity contribution >= 4 is 28.9 Å². The number of fused-ring (bicyclic) bond motifs is 1. The third-order valence-corrected chi connectivity index (χ3v) is 3.78. The first-order valence-electron chi connectivity index (χ1n) is 8.30. The molecular formula is C17H21N7O3. The van der Waals surface area contributed by atoms with Crippen molar-refractivity contribution in [1.29, 1.82) is 0 Å². The predicted octanol–water partition coefficient (Wildman–Crippen LogP) is 0.228. The van der Waals surface area contributed by atoms with Crippen LogP contribution >= 0.6 is 0 Å². The van der Waals surface area contributed by atoms with Crippen molar-refractivity contribution in [1.82, 2.24) is 24.8 Å². The highest BCUT2D eigenvalue weighted by molar-refractivity contribution is 5.79. The number of para-hydroxylation sites is 2. The lowest BCUT2D eigenvalue weighted by Crippen LogP contribution is -2.31. The Hall–Kier alpha value is -3.43. The van der Waals surface area contributed by atoms with Crippen molar-refractivity contribution in [3.8, 4) is 0 Å². The average Bonchev–Trinajstić information content (AvgIpc) is 2.95. The van der Waals surface area contributed by atoms with E-state index in [0.29, 0.717) is 28.8 Å². The molecule has 0 spiro atoms. The highest BCUT2D eigenvalue weighted by Gasteiger charge is 2.14. The molecule has 0 saturated carbocycles. The van der Waals surface area contributed by atoms with Crippen LogP contribution in [0.3, 0.4) is 0 Å². The third-order valence-electron chi connectivity index (χ3n) is 3.78. The van der Waals surface area contributed by atoms with Crippen LogP contribution in [0.25, 0.3) is 11.1 Å². The summed E-state index contributed by atoms with van der Waals surface area (Å²) in [6.45, 7) is -0.0322. The minimum atomic E-state index is -0.573. The number of rotatable bonds is 6. The van der Waals surface area contributed by atoms with Crippen LogP contribution in [0.15, 0.2) is 33.5 Å². The fourth-order valence-corrected chi connectivity index (χ4v) is 2.42. The van der Waals surface area contributed by atoms with Gasteiger partial charge in [-0.05, 0) is 12.1 Å². The van der Waals surface area contributed by atoms with E-state index >= 15 is 0 Å². The summed E-state index contributed by atoms with van der Waals surface area (Å²) >= 11 is 0. The van der Waals surface area contributed by atoms with Gasteiger partial charge in [0.15, 0.2) is 11.4 Å². The van der Waals surface area contributed by atoms with Crippen molar-refractivity contribution in [3.05, 3.63) is 40.6 Å². The summed E-state index contributed by atoms with van der Waals surface area (Å²) < 4.78 is 6.42. The minimum Gasteiger partial charge on any atom is -0.408 e. The van der Waals surface area contributed by atoms with E-state index in [-0.39, 0.29) is 19.0 Å². The van der Waals surface area contributed by atoms with Crippen molar-refractivity contribution in [3.63, 3.8) is 0 Å². The molecule has 0 aliphatic heterocycles. The Labute approximate surface area is 155 Å². The van der Waals surface area contributed by atoms with Gasteiger partial charge in [-0.3, -0.25) is 9.36 Å². The second-order valence-electron chi connectivity index (χ2n) is 6.34. The molecule has 1 N–H and O–H groups in total. The van der Waals surface area contributed by atoms with Gasteiger partial charge in [0.2, 0.25) is 17.8 Å². The molecule has 10 heteroatoms. The number of hydrogen-bond donors (Lipinski definition) is 1. The van der Waals surface area contributed by atoms with E-state index in [1.54, 1.807) is 34.1 Å². The highest BCUT2D eigenvalue weighted by Crippen LogP contribution is 2.12. The molecule has 27 heavy (non-hydrogen) atoms. The van der Waals surface area contributed by atoms with Gasteiger partial charge in [0.1, 0.15) is 6.54 Å². The normalized spacial score (nSPS) is 10.8. The molecule has 0 atom stereocenters. The Morgan fingerprint density at radius 1 is 1.07 bits per heavy atom.